The molecule has 1 rings (SSSR count). The van der Waals surface area contributed by atoms with Gasteiger partial charge in [-0.05, 0) is 31.6 Å². The zero-order valence-electron chi connectivity index (χ0n) is 20.3. The highest BCUT2D eigenvalue weighted by molar-refractivity contribution is 4.67. The highest BCUT2D eigenvalue weighted by Crippen LogP contribution is 2.14. The predicted octanol–water partition coefficient (Wildman–Crippen LogP) is 8.47. The lowest BCUT2D eigenvalue weighted by atomic mass is 9.99. The van der Waals surface area contributed by atoms with Crippen molar-refractivity contribution in [3.8, 4) is 0 Å². The van der Waals surface area contributed by atoms with E-state index < -0.39 is 0 Å². The van der Waals surface area contributed by atoms with E-state index in [2.05, 4.69) is 48.6 Å². The van der Waals surface area contributed by atoms with Gasteiger partial charge in [-0.2, -0.15) is 0 Å². The van der Waals surface area contributed by atoms with Gasteiger partial charge in [-0.15, -0.1) is 0 Å². The third kappa shape index (κ3) is 14.8. The Morgan fingerprint density at radius 1 is 0.655 bits per heavy atom. The second-order valence-electron chi connectivity index (χ2n) is 9.36. The van der Waals surface area contributed by atoms with E-state index in [0.29, 0.717) is 0 Å². The Morgan fingerprint density at radius 2 is 1.17 bits per heavy atom. The average molecular weight is 406 g/mol. The maximum absolute atomic E-state index is 2.41. The molecule has 0 aliphatic heterocycles. The summed E-state index contributed by atoms with van der Waals surface area (Å²) in [6.45, 7) is 9.32. The molecule has 2 nitrogen and oxygen atoms in total. The number of hydrogen-bond donors (Lipinski definition) is 0. The fourth-order valence-electron chi connectivity index (χ4n) is 4.38. The second-order valence-corrected chi connectivity index (χ2v) is 9.36. The van der Waals surface area contributed by atoms with Gasteiger partial charge in [0, 0.05) is 0 Å². The van der Waals surface area contributed by atoms with Gasteiger partial charge in [0.25, 0.3) is 0 Å². The zero-order valence-corrected chi connectivity index (χ0v) is 20.3. The van der Waals surface area contributed by atoms with Crippen LogP contribution in [0.3, 0.4) is 0 Å². The van der Waals surface area contributed by atoms with Crippen molar-refractivity contribution in [2.75, 3.05) is 0 Å². The molecule has 1 aromatic rings. The summed E-state index contributed by atoms with van der Waals surface area (Å²) in [7, 11) is 0. The normalized spacial score (nSPS) is 12.5. The van der Waals surface area contributed by atoms with Crippen molar-refractivity contribution < 1.29 is 4.57 Å². The molecule has 170 valence electrons. The third-order valence-electron chi connectivity index (χ3n) is 6.53. The number of aryl methyl sites for hydroxylation is 1. The lowest BCUT2D eigenvalue weighted by Gasteiger charge is -2.11. The molecular weight excluding hydrogens is 352 g/mol. The van der Waals surface area contributed by atoms with Crippen molar-refractivity contribution in [3.05, 3.63) is 18.7 Å². The van der Waals surface area contributed by atoms with Gasteiger partial charge < -0.3 is 0 Å². The minimum absolute atomic E-state index is 0.844. The molecule has 0 saturated carbocycles. The smallest absolute Gasteiger partial charge is 0.237 e. The zero-order chi connectivity index (χ0) is 21.0. The number of rotatable bonds is 21. The maximum atomic E-state index is 2.41. The fourth-order valence-corrected chi connectivity index (χ4v) is 4.38. The van der Waals surface area contributed by atoms with Crippen molar-refractivity contribution >= 4 is 0 Å². The summed E-state index contributed by atoms with van der Waals surface area (Å²) in [5.41, 5.74) is 0. The Hall–Kier alpha value is -0.790. The number of aromatic nitrogens is 2. The fraction of sp³-hybridized carbons (Fsp3) is 0.889. The quantitative estimate of drug-likeness (QED) is 0.143. The Kier molecular flexibility index (Phi) is 17.4. The van der Waals surface area contributed by atoms with E-state index in [-0.39, 0.29) is 0 Å². The Morgan fingerprint density at radius 3 is 1.69 bits per heavy atom. The van der Waals surface area contributed by atoms with Gasteiger partial charge in [0.1, 0.15) is 12.4 Å². The molecule has 0 fully saturated rings. The Balaban J connectivity index is 1.93. The molecule has 0 N–H and O–H groups in total. The Labute approximate surface area is 183 Å². The first-order valence-corrected chi connectivity index (χ1v) is 13.3. The molecular formula is C27H53N2+. The van der Waals surface area contributed by atoms with Gasteiger partial charge in [-0.25, -0.2) is 9.13 Å². The molecule has 0 aromatic carbocycles. The first-order chi connectivity index (χ1) is 14.3. The van der Waals surface area contributed by atoms with Gasteiger partial charge >= 0.3 is 0 Å². The van der Waals surface area contributed by atoms with E-state index in [1.54, 1.807) is 0 Å². The topological polar surface area (TPSA) is 8.81 Å². The second kappa shape index (κ2) is 19.2. The van der Waals surface area contributed by atoms with E-state index in [4.69, 9.17) is 0 Å². The van der Waals surface area contributed by atoms with Gasteiger partial charge in [-0.1, -0.05) is 111 Å². The summed E-state index contributed by atoms with van der Waals surface area (Å²) in [6.07, 6.45) is 32.4. The van der Waals surface area contributed by atoms with Crippen molar-refractivity contribution in [2.45, 2.75) is 149 Å². The van der Waals surface area contributed by atoms with Crippen LogP contribution in [0.4, 0.5) is 0 Å². The van der Waals surface area contributed by atoms with Crippen molar-refractivity contribution in [3.63, 3.8) is 0 Å². The van der Waals surface area contributed by atoms with Crippen molar-refractivity contribution in [1.82, 2.24) is 4.57 Å². The lowest BCUT2D eigenvalue weighted by Crippen LogP contribution is -2.35. The minimum atomic E-state index is 0.844. The van der Waals surface area contributed by atoms with E-state index >= 15 is 0 Å². The molecule has 0 aliphatic rings. The van der Waals surface area contributed by atoms with Gasteiger partial charge in [0.15, 0.2) is 0 Å². The van der Waals surface area contributed by atoms with Crippen LogP contribution in [0, 0.1) is 5.92 Å². The van der Waals surface area contributed by atoms with Gasteiger partial charge in [-0.3, -0.25) is 0 Å². The van der Waals surface area contributed by atoms with Crippen LogP contribution in [0.15, 0.2) is 18.7 Å². The number of unbranched alkanes of at least 4 members (excludes halogenated alkanes) is 14. The van der Waals surface area contributed by atoms with Crippen LogP contribution in [0.2, 0.25) is 0 Å². The van der Waals surface area contributed by atoms with Crippen LogP contribution in [-0.2, 0) is 13.1 Å². The number of hydrogen-bond acceptors (Lipinski definition) is 0. The molecule has 2 heteroatoms. The van der Waals surface area contributed by atoms with E-state index in [9.17, 15) is 0 Å². The first-order valence-electron chi connectivity index (χ1n) is 13.3. The summed E-state index contributed by atoms with van der Waals surface area (Å²) in [5.74, 6) is 0.844. The van der Waals surface area contributed by atoms with Crippen LogP contribution >= 0.6 is 0 Å². The summed E-state index contributed by atoms with van der Waals surface area (Å²) < 4.78 is 4.81. The van der Waals surface area contributed by atoms with Gasteiger partial charge in [0.05, 0.1) is 13.1 Å². The highest BCUT2D eigenvalue weighted by Gasteiger charge is 2.11. The highest BCUT2D eigenvalue weighted by atomic mass is 15.1. The number of nitrogens with zero attached hydrogens (tertiary/aromatic N) is 2. The molecule has 0 aliphatic carbocycles. The molecule has 0 bridgehead atoms. The van der Waals surface area contributed by atoms with Crippen LogP contribution in [-0.4, -0.2) is 4.57 Å². The van der Waals surface area contributed by atoms with Crippen molar-refractivity contribution in [2.24, 2.45) is 5.92 Å². The Bertz CT molecular complexity index is 451. The SMILES string of the molecule is CCCCCCCCCCCCCCCCn1cc[n+](CC(CC)CCCC)c1. The lowest BCUT2D eigenvalue weighted by molar-refractivity contribution is -0.703. The molecule has 1 atom stereocenters. The van der Waals surface area contributed by atoms with Gasteiger partial charge in [0.2, 0.25) is 6.33 Å². The van der Waals surface area contributed by atoms with E-state index in [0.717, 1.165) is 5.92 Å². The van der Waals surface area contributed by atoms with Crippen LogP contribution in [0.1, 0.15) is 136 Å². The summed E-state index contributed by atoms with van der Waals surface area (Å²) in [5, 5.41) is 0. The molecule has 1 unspecified atom stereocenters. The van der Waals surface area contributed by atoms with Crippen LogP contribution in [0.25, 0.3) is 0 Å². The summed E-state index contributed by atoms with van der Waals surface area (Å²) in [6, 6.07) is 0. The predicted molar refractivity (Wildman–Crippen MR) is 128 cm³/mol. The molecule has 0 amide bonds. The maximum Gasteiger partial charge on any atom is 0.243 e. The van der Waals surface area contributed by atoms with E-state index in [1.807, 2.05) is 0 Å². The van der Waals surface area contributed by atoms with Crippen LogP contribution < -0.4 is 4.57 Å². The minimum Gasteiger partial charge on any atom is -0.237 e. The van der Waals surface area contributed by atoms with Crippen LogP contribution in [0.5, 0.6) is 0 Å². The molecule has 0 spiro atoms. The number of imidazole rings is 1. The third-order valence-corrected chi connectivity index (χ3v) is 6.53. The first kappa shape index (κ1) is 26.2. The standard InChI is InChI=1S/C27H53N2/c1-4-7-9-10-11-12-13-14-15-16-17-18-19-20-22-28-23-24-29(26-28)25-27(6-3)21-8-5-2/h23-24,26-27H,4-22,25H2,1-3H3/q+1. The molecule has 1 aromatic heterocycles. The molecule has 0 radical (unpaired) electrons. The average Bonchev–Trinajstić information content (AvgIpc) is 3.18. The van der Waals surface area contributed by atoms with E-state index in [1.165, 1.54) is 129 Å². The molecule has 0 saturated heterocycles. The van der Waals surface area contributed by atoms with Crippen molar-refractivity contribution in [1.29, 1.82) is 0 Å². The summed E-state index contributed by atoms with van der Waals surface area (Å²) in [4.78, 5) is 0. The summed E-state index contributed by atoms with van der Waals surface area (Å²) >= 11 is 0. The molecule has 1 heterocycles. The monoisotopic (exact) mass is 405 g/mol. The molecule has 29 heavy (non-hydrogen) atoms. The largest absolute Gasteiger partial charge is 0.243 e.